The van der Waals surface area contributed by atoms with Crippen LogP contribution in [0.2, 0.25) is 0 Å². The Balaban J connectivity index is 1.50. The number of aryl methyl sites for hydroxylation is 1. The number of fused-ring (bicyclic) bond motifs is 2. The summed E-state index contributed by atoms with van der Waals surface area (Å²) in [6, 6.07) is 10.2. The number of aromatic nitrogens is 3. The molecule has 0 spiro atoms. The zero-order valence-electron chi connectivity index (χ0n) is 17.2. The van der Waals surface area contributed by atoms with Gasteiger partial charge >= 0.3 is 0 Å². The molecule has 1 aliphatic heterocycles. The van der Waals surface area contributed by atoms with E-state index in [0.717, 1.165) is 50.9 Å². The minimum Gasteiger partial charge on any atom is -0.486 e. The maximum atomic E-state index is 5.78. The molecule has 4 aromatic rings. The zero-order valence-corrected chi connectivity index (χ0v) is 17.2. The van der Waals surface area contributed by atoms with Crippen molar-refractivity contribution < 1.29 is 13.9 Å². The highest BCUT2D eigenvalue weighted by molar-refractivity contribution is 5.91. The molecule has 0 fully saturated rings. The lowest BCUT2D eigenvalue weighted by atomic mass is 9.95. The standard InChI is InChI=1S/C23H24N4O3/c1-13(2)21(15-4-5-19-20(9-15)29-7-6-28-19)27-23-17-10-18(16-8-14(3)30-11-16)26-22(17)24-12-25-23/h4-5,8-13,21H,6-7H2,1-3H3,(H2,24,25,26,27)/t21-/m1/s1. The Kier molecular flexibility index (Phi) is 4.58. The van der Waals surface area contributed by atoms with Crippen molar-refractivity contribution in [2.24, 2.45) is 5.92 Å². The number of nitrogens with one attached hydrogen (secondary N) is 2. The minimum absolute atomic E-state index is 0.0495. The van der Waals surface area contributed by atoms with E-state index in [-0.39, 0.29) is 6.04 Å². The van der Waals surface area contributed by atoms with Crippen molar-refractivity contribution in [2.45, 2.75) is 26.8 Å². The maximum Gasteiger partial charge on any atom is 0.161 e. The van der Waals surface area contributed by atoms with Gasteiger partial charge in [-0.1, -0.05) is 19.9 Å². The van der Waals surface area contributed by atoms with Gasteiger partial charge < -0.3 is 24.2 Å². The molecule has 5 rings (SSSR count). The van der Waals surface area contributed by atoms with E-state index < -0.39 is 0 Å². The Labute approximate surface area is 174 Å². The monoisotopic (exact) mass is 404 g/mol. The topological polar surface area (TPSA) is 85.2 Å². The van der Waals surface area contributed by atoms with Gasteiger partial charge in [-0.2, -0.15) is 0 Å². The molecule has 0 radical (unpaired) electrons. The fourth-order valence-corrected chi connectivity index (χ4v) is 3.83. The summed E-state index contributed by atoms with van der Waals surface area (Å²) in [5, 5.41) is 4.56. The molecule has 0 saturated heterocycles. The lowest BCUT2D eigenvalue weighted by Gasteiger charge is -2.26. The highest BCUT2D eigenvalue weighted by Crippen LogP contribution is 2.36. The third-order valence-electron chi connectivity index (χ3n) is 5.35. The van der Waals surface area contributed by atoms with Crippen LogP contribution in [0.4, 0.5) is 5.82 Å². The van der Waals surface area contributed by atoms with Crippen molar-refractivity contribution in [3.8, 4) is 22.8 Å². The molecular formula is C23H24N4O3. The maximum absolute atomic E-state index is 5.78. The Morgan fingerprint density at radius 3 is 2.63 bits per heavy atom. The summed E-state index contributed by atoms with van der Waals surface area (Å²) < 4.78 is 16.9. The first-order valence-corrected chi connectivity index (χ1v) is 10.1. The van der Waals surface area contributed by atoms with Crippen molar-refractivity contribution >= 4 is 16.9 Å². The first-order chi connectivity index (χ1) is 14.6. The van der Waals surface area contributed by atoms with Gasteiger partial charge in [0.25, 0.3) is 0 Å². The van der Waals surface area contributed by atoms with Gasteiger partial charge in [0.15, 0.2) is 11.5 Å². The number of benzene rings is 1. The van der Waals surface area contributed by atoms with Gasteiger partial charge in [-0.25, -0.2) is 9.97 Å². The molecule has 1 aromatic carbocycles. The van der Waals surface area contributed by atoms with E-state index in [1.54, 1.807) is 12.6 Å². The molecule has 4 heterocycles. The number of ether oxygens (including phenoxy) is 2. The van der Waals surface area contributed by atoms with Gasteiger partial charge in [-0.15, -0.1) is 0 Å². The molecule has 7 heteroatoms. The van der Waals surface area contributed by atoms with Crippen LogP contribution < -0.4 is 14.8 Å². The van der Waals surface area contributed by atoms with Crippen LogP contribution in [0.1, 0.15) is 31.2 Å². The summed E-state index contributed by atoms with van der Waals surface area (Å²) in [5.41, 5.74) is 3.85. The predicted octanol–water partition coefficient (Wildman–Crippen LogP) is 5.11. The number of anilines is 1. The van der Waals surface area contributed by atoms with E-state index in [0.29, 0.717) is 19.1 Å². The van der Waals surface area contributed by atoms with Gasteiger partial charge in [0.05, 0.1) is 23.4 Å². The fourth-order valence-electron chi connectivity index (χ4n) is 3.83. The van der Waals surface area contributed by atoms with E-state index in [2.05, 4.69) is 52.3 Å². The van der Waals surface area contributed by atoms with Crippen LogP contribution in [0.25, 0.3) is 22.3 Å². The van der Waals surface area contributed by atoms with Crippen molar-refractivity contribution in [2.75, 3.05) is 18.5 Å². The van der Waals surface area contributed by atoms with E-state index >= 15 is 0 Å². The smallest absolute Gasteiger partial charge is 0.161 e. The minimum atomic E-state index is 0.0495. The van der Waals surface area contributed by atoms with Crippen LogP contribution in [0, 0.1) is 12.8 Å². The van der Waals surface area contributed by atoms with Crippen molar-refractivity contribution in [1.29, 1.82) is 0 Å². The van der Waals surface area contributed by atoms with Crippen LogP contribution in [-0.4, -0.2) is 28.2 Å². The van der Waals surface area contributed by atoms with Crippen LogP contribution in [0.15, 0.2) is 47.3 Å². The first kappa shape index (κ1) is 18.5. The second-order valence-electron chi connectivity index (χ2n) is 7.88. The quantitative estimate of drug-likeness (QED) is 0.481. The lowest BCUT2D eigenvalue weighted by molar-refractivity contribution is 0.171. The highest BCUT2D eigenvalue weighted by atomic mass is 16.6. The molecule has 1 aliphatic rings. The van der Waals surface area contributed by atoms with E-state index in [9.17, 15) is 0 Å². The summed E-state index contributed by atoms with van der Waals surface area (Å²) in [7, 11) is 0. The molecule has 2 N–H and O–H groups in total. The molecule has 0 bridgehead atoms. The van der Waals surface area contributed by atoms with E-state index in [1.807, 2.05) is 19.1 Å². The van der Waals surface area contributed by atoms with Crippen molar-refractivity contribution in [1.82, 2.24) is 15.0 Å². The van der Waals surface area contributed by atoms with Crippen LogP contribution >= 0.6 is 0 Å². The molecule has 30 heavy (non-hydrogen) atoms. The molecule has 3 aromatic heterocycles. The largest absolute Gasteiger partial charge is 0.486 e. The second-order valence-corrected chi connectivity index (χ2v) is 7.88. The third kappa shape index (κ3) is 3.36. The molecule has 154 valence electrons. The summed E-state index contributed by atoms with van der Waals surface area (Å²) in [6.45, 7) is 7.46. The van der Waals surface area contributed by atoms with E-state index in [1.165, 1.54) is 0 Å². The highest BCUT2D eigenvalue weighted by Gasteiger charge is 2.21. The SMILES string of the molecule is Cc1cc(-c2cc3c(N[C@@H](c4ccc5c(c4)OCCO5)C(C)C)ncnc3[nH]2)co1. The average molecular weight is 404 g/mol. The second kappa shape index (κ2) is 7.40. The zero-order chi connectivity index (χ0) is 20.7. The number of H-pyrrole nitrogens is 1. The first-order valence-electron chi connectivity index (χ1n) is 10.1. The number of nitrogens with zero attached hydrogens (tertiary/aromatic N) is 2. The fraction of sp³-hybridized carbons (Fsp3) is 0.304. The molecule has 0 saturated carbocycles. The van der Waals surface area contributed by atoms with Crippen LogP contribution in [0.5, 0.6) is 11.5 Å². The molecule has 0 amide bonds. The van der Waals surface area contributed by atoms with Crippen LogP contribution in [0.3, 0.4) is 0 Å². The summed E-state index contributed by atoms with van der Waals surface area (Å²) in [5.74, 6) is 3.57. The normalized spacial score (nSPS) is 14.3. The Morgan fingerprint density at radius 2 is 1.87 bits per heavy atom. The molecule has 0 unspecified atom stereocenters. The van der Waals surface area contributed by atoms with Gasteiger partial charge in [-0.05, 0) is 42.7 Å². The number of aromatic amines is 1. The van der Waals surface area contributed by atoms with Crippen molar-refractivity contribution in [3.05, 3.63) is 54.2 Å². The van der Waals surface area contributed by atoms with Gasteiger partial charge in [0.2, 0.25) is 0 Å². The molecule has 0 aliphatic carbocycles. The molecule has 1 atom stereocenters. The number of hydrogen-bond acceptors (Lipinski definition) is 6. The number of rotatable bonds is 5. The van der Waals surface area contributed by atoms with Gasteiger partial charge in [-0.3, -0.25) is 0 Å². The third-order valence-corrected chi connectivity index (χ3v) is 5.35. The molecular weight excluding hydrogens is 380 g/mol. The predicted molar refractivity (Wildman–Crippen MR) is 115 cm³/mol. The number of furan rings is 1. The summed E-state index contributed by atoms with van der Waals surface area (Å²) >= 11 is 0. The summed E-state index contributed by atoms with van der Waals surface area (Å²) in [6.07, 6.45) is 3.32. The number of hydrogen-bond donors (Lipinski definition) is 2. The Morgan fingerprint density at radius 1 is 1.03 bits per heavy atom. The molecule has 7 nitrogen and oxygen atoms in total. The van der Waals surface area contributed by atoms with Gasteiger partial charge in [0, 0.05) is 5.56 Å². The lowest BCUT2D eigenvalue weighted by Crippen LogP contribution is -2.19. The van der Waals surface area contributed by atoms with Crippen LogP contribution in [-0.2, 0) is 0 Å². The average Bonchev–Trinajstić information content (AvgIpc) is 3.38. The summed E-state index contributed by atoms with van der Waals surface area (Å²) in [4.78, 5) is 12.3. The Hall–Kier alpha value is -3.48. The Bertz CT molecular complexity index is 1190. The van der Waals surface area contributed by atoms with E-state index in [4.69, 9.17) is 13.9 Å². The van der Waals surface area contributed by atoms with Crippen molar-refractivity contribution in [3.63, 3.8) is 0 Å². The van der Waals surface area contributed by atoms with Gasteiger partial charge in [0.1, 0.15) is 36.8 Å².